The van der Waals surface area contributed by atoms with Crippen molar-refractivity contribution in [3.63, 3.8) is 0 Å². The molecule has 0 radical (unpaired) electrons. The molecule has 2 heterocycles. The highest BCUT2D eigenvalue weighted by atomic mass is 35.5. The van der Waals surface area contributed by atoms with Crippen LogP contribution in [0, 0.1) is 0 Å². The molecular weight excluding hydrogens is 327 g/mol. The van der Waals surface area contributed by atoms with Gasteiger partial charge in [0.05, 0.1) is 6.54 Å². The summed E-state index contributed by atoms with van der Waals surface area (Å²) in [7, 11) is -3.29. The van der Waals surface area contributed by atoms with Crippen LogP contribution in [0.15, 0.2) is 47.1 Å². The van der Waals surface area contributed by atoms with Crippen molar-refractivity contribution in [2.45, 2.75) is 12.1 Å². The number of rotatable bonds is 3. The van der Waals surface area contributed by atoms with Gasteiger partial charge in [-0.2, -0.15) is 17.6 Å². The zero-order chi connectivity index (χ0) is 15.5. The quantitative estimate of drug-likeness (QED) is 0.810. The summed E-state index contributed by atoms with van der Waals surface area (Å²) in [6.45, 7) is 0.235. The fourth-order valence-corrected chi connectivity index (χ4v) is 2.07. The van der Waals surface area contributed by atoms with Gasteiger partial charge < -0.3 is 4.57 Å². The zero-order valence-corrected chi connectivity index (χ0v) is 12.0. The summed E-state index contributed by atoms with van der Waals surface area (Å²) in [5, 5.41) is 0.319. The average molecular weight is 336 g/mol. The van der Waals surface area contributed by atoms with Crippen LogP contribution in [-0.4, -0.2) is 19.3 Å². The van der Waals surface area contributed by atoms with Crippen LogP contribution in [-0.2, 0) is 17.5 Å². The van der Waals surface area contributed by atoms with Crippen LogP contribution in [0.3, 0.4) is 0 Å². The van der Waals surface area contributed by atoms with Gasteiger partial charge in [0.1, 0.15) is 10.6 Å². The second-order valence-corrected chi connectivity index (χ2v) is 5.49. The van der Waals surface area contributed by atoms with E-state index in [1.807, 2.05) is 0 Å². The number of hydrogen-bond donors (Lipinski definition) is 0. The molecule has 0 aromatic carbocycles. The van der Waals surface area contributed by atoms with Crippen LogP contribution in [0.25, 0.3) is 0 Å². The predicted octanol–water partition coefficient (Wildman–Crippen LogP) is 2.67. The smallest absolute Gasteiger partial charge is 0.328 e. The van der Waals surface area contributed by atoms with Gasteiger partial charge >= 0.3 is 5.51 Å². The van der Waals surface area contributed by atoms with Crippen LogP contribution in [0.1, 0.15) is 5.56 Å². The third-order valence-electron chi connectivity index (χ3n) is 2.43. The number of hydrogen-bond acceptors (Lipinski definition) is 2. The molecule has 2 aromatic heterocycles. The zero-order valence-electron chi connectivity index (χ0n) is 10.4. The Morgan fingerprint density at radius 2 is 2.05 bits per heavy atom. The fourth-order valence-electron chi connectivity index (χ4n) is 1.52. The molecule has 0 saturated heterocycles. The topological polar surface area (TPSA) is 47.2 Å². The molecule has 0 aliphatic heterocycles. The van der Waals surface area contributed by atoms with Gasteiger partial charge in [0, 0.05) is 12.4 Å². The van der Waals surface area contributed by atoms with E-state index in [9.17, 15) is 17.4 Å². The highest BCUT2D eigenvalue weighted by Crippen LogP contribution is 2.20. The molecule has 0 aliphatic rings. The van der Waals surface area contributed by atoms with Gasteiger partial charge in [0.15, 0.2) is 0 Å². The molecule has 1 unspecified atom stereocenters. The summed E-state index contributed by atoms with van der Waals surface area (Å²) >= 11 is 5.66. The molecule has 0 saturated carbocycles. The lowest BCUT2D eigenvalue weighted by molar-refractivity contribution is -0.0385. The van der Waals surface area contributed by atoms with Crippen molar-refractivity contribution in [1.82, 2.24) is 9.55 Å². The van der Waals surface area contributed by atoms with Crippen molar-refractivity contribution in [3.8, 4) is 0 Å². The minimum atomic E-state index is -4.88. The van der Waals surface area contributed by atoms with E-state index in [0.717, 1.165) is 5.56 Å². The van der Waals surface area contributed by atoms with E-state index in [4.69, 9.17) is 11.6 Å². The summed E-state index contributed by atoms with van der Waals surface area (Å²) in [4.78, 5) is 3.89. The summed E-state index contributed by atoms with van der Waals surface area (Å²) in [5.41, 5.74) is -4.19. The number of pyridine rings is 2. The van der Waals surface area contributed by atoms with Crippen molar-refractivity contribution in [1.29, 1.82) is 0 Å². The molecule has 9 heteroatoms. The largest absolute Gasteiger partial charge is 0.492 e. The molecule has 0 aliphatic carbocycles. The molecule has 4 nitrogen and oxygen atoms in total. The van der Waals surface area contributed by atoms with Gasteiger partial charge in [-0.3, -0.25) is 0 Å². The normalized spacial score (nSPS) is 14.2. The summed E-state index contributed by atoms with van der Waals surface area (Å²) in [6.07, 6.45) is 3.05. The first-order valence-corrected chi connectivity index (χ1v) is 7.14. The van der Waals surface area contributed by atoms with E-state index >= 15 is 0 Å². The Balaban J connectivity index is 2.35. The predicted molar refractivity (Wildman–Crippen MR) is 72.5 cm³/mol. The van der Waals surface area contributed by atoms with Crippen LogP contribution in [0.4, 0.5) is 13.2 Å². The van der Waals surface area contributed by atoms with Gasteiger partial charge in [0.2, 0.25) is 11.0 Å². The Hall–Kier alpha value is -1.67. The first-order valence-electron chi connectivity index (χ1n) is 5.65. The van der Waals surface area contributed by atoms with E-state index in [1.54, 1.807) is 24.4 Å². The highest BCUT2D eigenvalue weighted by molar-refractivity contribution is 7.84. The molecular formula is C12H9ClF3N3OS. The fraction of sp³-hybridized carbons (Fsp3) is 0.167. The molecule has 0 fully saturated rings. The van der Waals surface area contributed by atoms with Crippen molar-refractivity contribution in [3.05, 3.63) is 58.9 Å². The maximum Gasteiger partial charge on any atom is 0.492 e. The lowest BCUT2D eigenvalue weighted by atomic mass is 10.3. The monoisotopic (exact) mass is 335 g/mol. The second kappa shape index (κ2) is 6.40. The Morgan fingerprint density at radius 3 is 2.67 bits per heavy atom. The molecule has 21 heavy (non-hydrogen) atoms. The molecule has 0 bridgehead atoms. The summed E-state index contributed by atoms with van der Waals surface area (Å²) in [5.74, 6) is 0. The highest BCUT2D eigenvalue weighted by Gasteiger charge is 2.37. The van der Waals surface area contributed by atoms with E-state index in [2.05, 4.69) is 9.38 Å². The minimum absolute atomic E-state index is 0.0388. The average Bonchev–Trinajstić information content (AvgIpc) is 2.42. The van der Waals surface area contributed by atoms with Crippen molar-refractivity contribution < 1.29 is 17.4 Å². The third kappa shape index (κ3) is 4.40. The van der Waals surface area contributed by atoms with Crippen LogP contribution < -0.4 is 5.49 Å². The maximum absolute atomic E-state index is 12.3. The second-order valence-electron chi connectivity index (χ2n) is 3.96. The Bertz CT molecular complexity index is 713. The Labute approximate surface area is 125 Å². The maximum atomic E-state index is 12.3. The third-order valence-corrected chi connectivity index (χ3v) is 3.41. The Morgan fingerprint density at radius 1 is 1.29 bits per heavy atom. The number of alkyl halides is 3. The van der Waals surface area contributed by atoms with Crippen LogP contribution >= 0.6 is 11.6 Å². The van der Waals surface area contributed by atoms with Gasteiger partial charge in [-0.05, 0) is 23.8 Å². The summed E-state index contributed by atoms with van der Waals surface area (Å²) < 4.78 is 52.6. The van der Waals surface area contributed by atoms with E-state index in [-0.39, 0.29) is 12.0 Å². The first kappa shape index (κ1) is 15.7. The number of aromatic nitrogens is 2. The van der Waals surface area contributed by atoms with Gasteiger partial charge in [0.25, 0.3) is 0 Å². The Kier molecular flexibility index (Phi) is 4.79. The van der Waals surface area contributed by atoms with Crippen molar-refractivity contribution >= 4 is 22.6 Å². The molecule has 1 atom stereocenters. The van der Waals surface area contributed by atoms with E-state index < -0.39 is 16.5 Å². The van der Waals surface area contributed by atoms with E-state index in [1.165, 1.54) is 22.9 Å². The van der Waals surface area contributed by atoms with Gasteiger partial charge in [-0.15, -0.1) is 0 Å². The summed E-state index contributed by atoms with van der Waals surface area (Å²) in [6, 6.07) is 7.78. The van der Waals surface area contributed by atoms with Gasteiger partial charge in [-0.1, -0.05) is 23.7 Å². The van der Waals surface area contributed by atoms with Crippen molar-refractivity contribution in [2.75, 3.05) is 0 Å². The molecule has 112 valence electrons. The standard InChI is InChI=1S/C12H9ClF3N3OS/c13-10-5-4-9(7-17-10)8-19-6-2-1-3-11(19)18-21(20)12(14,15)16/h1-7H,8H2. The van der Waals surface area contributed by atoms with Crippen LogP contribution in [0.2, 0.25) is 5.15 Å². The molecule has 2 rings (SSSR count). The minimum Gasteiger partial charge on any atom is -0.328 e. The molecule has 0 spiro atoms. The lowest BCUT2D eigenvalue weighted by Crippen LogP contribution is -2.24. The molecule has 0 amide bonds. The van der Waals surface area contributed by atoms with Crippen LogP contribution in [0.5, 0.6) is 0 Å². The molecule has 2 aromatic rings. The van der Waals surface area contributed by atoms with Gasteiger partial charge in [-0.25, -0.2) is 9.19 Å². The molecule has 0 N–H and O–H groups in total. The van der Waals surface area contributed by atoms with Crippen molar-refractivity contribution in [2.24, 2.45) is 4.40 Å². The number of halogens is 4. The SMILES string of the molecule is O=S(N=c1ccccn1Cc1ccc(Cl)nc1)C(F)(F)F. The van der Waals surface area contributed by atoms with E-state index in [0.29, 0.717) is 5.15 Å². The lowest BCUT2D eigenvalue weighted by Gasteiger charge is -2.07. The number of nitrogens with zero attached hydrogens (tertiary/aromatic N) is 3. The first-order chi connectivity index (χ1) is 9.86.